The Bertz CT molecular complexity index is 188. The third-order valence-electron chi connectivity index (χ3n) is 1.93. The van der Waals surface area contributed by atoms with Gasteiger partial charge in [-0.05, 0) is 40.2 Å². The predicted octanol–water partition coefficient (Wildman–Crippen LogP) is 1.17. The molecular weight excluding hydrogens is 192 g/mol. The Hall–Kier alpha value is -0.610. The zero-order valence-electron chi connectivity index (χ0n) is 10.1. The molecule has 0 saturated carbocycles. The maximum Gasteiger partial charge on any atom is 0.323 e. The molecule has 15 heavy (non-hydrogen) atoms. The smallest absolute Gasteiger partial charge is 0.323 e. The summed E-state index contributed by atoms with van der Waals surface area (Å²) in [6.45, 7) is 6.21. The van der Waals surface area contributed by atoms with E-state index in [0.29, 0.717) is 13.0 Å². The van der Waals surface area contributed by atoms with Crippen LogP contribution in [0.5, 0.6) is 0 Å². The van der Waals surface area contributed by atoms with Crippen molar-refractivity contribution >= 4 is 5.97 Å². The summed E-state index contributed by atoms with van der Waals surface area (Å²) in [5, 5.41) is 0. The molecule has 90 valence electrons. The Balaban J connectivity index is 3.70. The van der Waals surface area contributed by atoms with E-state index in [0.717, 1.165) is 19.3 Å². The van der Waals surface area contributed by atoms with Crippen molar-refractivity contribution < 1.29 is 9.53 Å². The van der Waals surface area contributed by atoms with Gasteiger partial charge in [0, 0.05) is 0 Å². The molecule has 0 bridgehead atoms. The molecule has 0 aromatic rings. The monoisotopic (exact) mass is 216 g/mol. The van der Waals surface area contributed by atoms with Crippen molar-refractivity contribution in [3.8, 4) is 0 Å². The van der Waals surface area contributed by atoms with Gasteiger partial charge in [-0.2, -0.15) is 0 Å². The highest BCUT2D eigenvalue weighted by atomic mass is 16.6. The van der Waals surface area contributed by atoms with E-state index in [2.05, 4.69) is 0 Å². The largest absolute Gasteiger partial charge is 0.459 e. The standard InChI is InChI=1S/C11H24N2O2/c1-11(2,3)15-10(14)9(13)7-5-4-6-8-12/h9H,4-8,12-13H2,1-3H3. The summed E-state index contributed by atoms with van der Waals surface area (Å²) in [7, 11) is 0. The average molecular weight is 216 g/mol. The maximum atomic E-state index is 11.5. The van der Waals surface area contributed by atoms with Gasteiger partial charge in [-0.15, -0.1) is 0 Å². The number of carbonyl (C=O) groups is 1. The van der Waals surface area contributed by atoms with Crippen molar-refractivity contribution in [3.63, 3.8) is 0 Å². The Morgan fingerprint density at radius 1 is 1.27 bits per heavy atom. The third kappa shape index (κ3) is 8.39. The van der Waals surface area contributed by atoms with Gasteiger partial charge in [0.05, 0.1) is 0 Å². The van der Waals surface area contributed by atoms with Gasteiger partial charge < -0.3 is 16.2 Å². The van der Waals surface area contributed by atoms with Crippen LogP contribution in [-0.4, -0.2) is 24.2 Å². The van der Waals surface area contributed by atoms with Crippen LogP contribution in [0.3, 0.4) is 0 Å². The molecule has 0 aromatic carbocycles. The summed E-state index contributed by atoms with van der Waals surface area (Å²) in [5.41, 5.74) is 10.6. The Morgan fingerprint density at radius 3 is 2.33 bits per heavy atom. The van der Waals surface area contributed by atoms with Gasteiger partial charge in [0.25, 0.3) is 0 Å². The van der Waals surface area contributed by atoms with Crippen LogP contribution < -0.4 is 11.5 Å². The van der Waals surface area contributed by atoms with Crippen LogP contribution in [0, 0.1) is 0 Å². The molecule has 0 aliphatic carbocycles. The number of unbranched alkanes of at least 4 members (excludes halogenated alkanes) is 2. The summed E-state index contributed by atoms with van der Waals surface area (Å²) in [6, 6.07) is -0.498. The first-order valence-corrected chi connectivity index (χ1v) is 5.55. The van der Waals surface area contributed by atoms with E-state index in [9.17, 15) is 4.79 Å². The van der Waals surface area contributed by atoms with Crippen LogP contribution in [0.2, 0.25) is 0 Å². The minimum atomic E-state index is -0.498. The number of nitrogens with two attached hydrogens (primary N) is 2. The average Bonchev–Trinajstić information content (AvgIpc) is 2.09. The molecular formula is C11H24N2O2. The van der Waals surface area contributed by atoms with Gasteiger partial charge in [-0.3, -0.25) is 4.79 Å². The van der Waals surface area contributed by atoms with Gasteiger partial charge in [0.1, 0.15) is 11.6 Å². The van der Waals surface area contributed by atoms with Crippen molar-refractivity contribution in [2.24, 2.45) is 11.5 Å². The zero-order valence-corrected chi connectivity index (χ0v) is 10.1. The number of hydrogen-bond acceptors (Lipinski definition) is 4. The molecule has 0 heterocycles. The number of carbonyl (C=O) groups excluding carboxylic acids is 1. The molecule has 1 atom stereocenters. The van der Waals surface area contributed by atoms with Gasteiger partial charge in [-0.1, -0.05) is 12.8 Å². The van der Waals surface area contributed by atoms with Crippen molar-refractivity contribution in [2.45, 2.75) is 58.1 Å². The fourth-order valence-electron chi connectivity index (χ4n) is 1.18. The molecule has 1 unspecified atom stereocenters. The summed E-state index contributed by atoms with van der Waals surface area (Å²) in [4.78, 5) is 11.5. The predicted molar refractivity (Wildman–Crippen MR) is 61.3 cm³/mol. The van der Waals surface area contributed by atoms with E-state index in [1.54, 1.807) is 0 Å². The first kappa shape index (κ1) is 14.4. The third-order valence-corrected chi connectivity index (χ3v) is 1.93. The first-order valence-electron chi connectivity index (χ1n) is 5.55. The van der Waals surface area contributed by atoms with Crippen molar-refractivity contribution in [1.82, 2.24) is 0 Å². The second kappa shape index (κ2) is 6.80. The zero-order chi connectivity index (χ0) is 11.9. The van der Waals surface area contributed by atoms with E-state index < -0.39 is 11.6 Å². The Morgan fingerprint density at radius 2 is 1.87 bits per heavy atom. The van der Waals surface area contributed by atoms with Crippen LogP contribution in [0.1, 0.15) is 46.5 Å². The number of ether oxygens (including phenoxy) is 1. The fraction of sp³-hybridized carbons (Fsp3) is 0.909. The Labute approximate surface area is 92.3 Å². The van der Waals surface area contributed by atoms with Crippen LogP contribution in [0.4, 0.5) is 0 Å². The SMILES string of the molecule is CC(C)(C)OC(=O)C(N)CCCCCN. The molecule has 4 heteroatoms. The molecule has 0 aliphatic rings. The molecule has 0 aliphatic heterocycles. The molecule has 4 N–H and O–H groups in total. The van der Waals surface area contributed by atoms with Crippen LogP contribution in [0.15, 0.2) is 0 Å². The molecule has 0 aromatic heterocycles. The maximum absolute atomic E-state index is 11.5. The lowest BCUT2D eigenvalue weighted by Gasteiger charge is -2.22. The second-order valence-electron chi connectivity index (χ2n) is 4.78. The second-order valence-corrected chi connectivity index (χ2v) is 4.78. The van der Waals surface area contributed by atoms with Gasteiger partial charge in [0.2, 0.25) is 0 Å². The summed E-state index contributed by atoms with van der Waals surface area (Å²) in [6.07, 6.45) is 3.61. The first-order chi connectivity index (χ1) is 6.87. The van der Waals surface area contributed by atoms with Gasteiger partial charge in [0.15, 0.2) is 0 Å². The van der Waals surface area contributed by atoms with Crippen LogP contribution in [-0.2, 0) is 9.53 Å². The Kier molecular flexibility index (Phi) is 6.52. The van der Waals surface area contributed by atoms with Gasteiger partial charge >= 0.3 is 5.97 Å². The van der Waals surface area contributed by atoms with Crippen molar-refractivity contribution in [2.75, 3.05) is 6.54 Å². The minimum absolute atomic E-state index is 0.310. The normalized spacial score (nSPS) is 13.7. The molecule has 0 rings (SSSR count). The topological polar surface area (TPSA) is 78.3 Å². The summed E-state index contributed by atoms with van der Waals surface area (Å²) in [5.74, 6) is -0.310. The van der Waals surface area contributed by atoms with E-state index in [1.807, 2.05) is 20.8 Å². The molecule has 0 spiro atoms. The number of hydrogen-bond donors (Lipinski definition) is 2. The molecule has 0 amide bonds. The highest BCUT2D eigenvalue weighted by molar-refractivity contribution is 5.75. The molecule has 0 radical (unpaired) electrons. The molecule has 4 nitrogen and oxygen atoms in total. The molecule has 0 fully saturated rings. The number of rotatable bonds is 6. The summed E-state index contributed by atoms with van der Waals surface area (Å²) < 4.78 is 5.17. The van der Waals surface area contributed by atoms with Crippen molar-refractivity contribution in [3.05, 3.63) is 0 Å². The van der Waals surface area contributed by atoms with Crippen molar-refractivity contribution in [1.29, 1.82) is 0 Å². The van der Waals surface area contributed by atoms with Crippen LogP contribution in [0.25, 0.3) is 0 Å². The van der Waals surface area contributed by atoms with Crippen LogP contribution >= 0.6 is 0 Å². The van der Waals surface area contributed by atoms with E-state index >= 15 is 0 Å². The van der Waals surface area contributed by atoms with E-state index in [-0.39, 0.29) is 5.97 Å². The summed E-state index contributed by atoms with van der Waals surface area (Å²) >= 11 is 0. The highest BCUT2D eigenvalue weighted by Gasteiger charge is 2.21. The molecule has 0 saturated heterocycles. The number of esters is 1. The van der Waals surface area contributed by atoms with Gasteiger partial charge in [-0.25, -0.2) is 0 Å². The highest BCUT2D eigenvalue weighted by Crippen LogP contribution is 2.10. The lowest BCUT2D eigenvalue weighted by molar-refractivity contribution is -0.156. The lowest BCUT2D eigenvalue weighted by atomic mass is 10.1. The van der Waals surface area contributed by atoms with E-state index in [1.165, 1.54) is 0 Å². The quantitative estimate of drug-likeness (QED) is 0.516. The van der Waals surface area contributed by atoms with E-state index in [4.69, 9.17) is 16.2 Å². The lowest BCUT2D eigenvalue weighted by Crippen LogP contribution is -2.37. The minimum Gasteiger partial charge on any atom is -0.459 e. The fourth-order valence-corrected chi connectivity index (χ4v) is 1.18.